The van der Waals surface area contributed by atoms with Crippen molar-refractivity contribution < 1.29 is 14.2 Å². The number of benzene rings is 1. The lowest BCUT2D eigenvalue weighted by molar-refractivity contribution is 0.0926. The molecular formula is C15H25N3O3S. The predicted molar refractivity (Wildman–Crippen MR) is 88.9 cm³/mol. The van der Waals surface area contributed by atoms with Crippen LogP contribution in [0, 0.1) is 0 Å². The number of nitrogens with zero attached hydrogens (tertiary/aromatic N) is 1. The monoisotopic (exact) mass is 327 g/mol. The van der Waals surface area contributed by atoms with Crippen LogP contribution < -0.4 is 10.5 Å². The van der Waals surface area contributed by atoms with Gasteiger partial charge in [-0.25, -0.2) is 8.93 Å². The number of rotatable bonds is 7. The quantitative estimate of drug-likeness (QED) is 0.308. The number of oxime groups is 1. The molecule has 0 amide bonds. The number of nitrogens with two attached hydrogens (primary N) is 1. The van der Waals surface area contributed by atoms with Crippen LogP contribution in [0.25, 0.3) is 0 Å². The second kappa shape index (κ2) is 7.71. The molecule has 1 aromatic carbocycles. The van der Waals surface area contributed by atoms with Crippen LogP contribution >= 0.6 is 0 Å². The van der Waals surface area contributed by atoms with Gasteiger partial charge in [-0.05, 0) is 33.3 Å². The van der Waals surface area contributed by atoms with E-state index in [0.29, 0.717) is 6.61 Å². The van der Waals surface area contributed by atoms with Crippen LogP contribution in [0.3, 0.4) is 0 Å². The third kappa shape index (κ3) is 5.40. The molecule has 1 rings (SSSR count). The summed E-state index contributed by atoms with van der Waals surface area (Å²) in [5.41, 5.74) is 5.73. The molecule has 0 aromatic heterocycles. The van der Waals surface area contributed by atoms with Crippen LogP contribution in [0.1, 0.15) is 33.3 Å². The van der Waals surface area contributed by atoms with Gasteiger partial charge in [0.05, 0.1) is 28.9 Å². The SMILES string of the molecule is CC(C)(C)[S@@](=O)N[C@](C)(COCc1ccccc1)/C(N)=N\O. The highest BCUT2D eigenvalue weighted by Gasteiger charge is 2.35. The van der Waals surface area contributed by atoms with Crippen molar-refractivity contribution in [2.24, 2.45) is 10.9 Å². The molecule has 0 aliphatic carbocycles. The van der Waals surface area contributed by atoms with Crippen LogP contribution in [-0.4, -0.2) is 32.1 Å². The van der Waals surface area contributed by atoms with Crippen LogP contribution in [0.4, 0.5) is 0 Å². The van der Waals surface area contributed by atoms with Gasteiger partial charge in [-0.1, -0.05) is 35.5 Å². The largest absolute Gasteiger partial charge is 0.409 e. The number of ether oxygens (including phenoxy) is 1. The van der Waals surface area contributed by atoms with E-state index in [0.717, 1.165) is 5.56 Å². The van der Waals surface area contributed by atoms with Gasteiger partial charge in [0.1, 0.15) is 5.54 Å². The van der Waals surface area contributed by atoms with Crippen molar-refractivity contribution >= 4 is 16.8 Å². The van der Waals surface area contributed by atoms with E-state index < -0.39 is 21.3 Å². The summed E-state index contributed by atoms with van der Waals surface area (Å²) in [4.78, 5) is 0. The van der Waals surface area contributed by atoms with E-state index in [2.05, 4.69) is 9.88 Å². The summed E-state index contributed by atoms with van der Waals surface area (Å²) in [6, 6.07) is 9.67. The highest BCUT2D eigenvalue weighted by atomic mass is 32.2. The third-order valence-electron chi connectivity index (χ3n) is 3.05. The summed E-state index contributed by atoms with van der Waals surface area (Å²) in [6.07, 6.45) is 0. The second-order valence-electron chi connectivity index (χ2n) is 6.28. The van der Waals surface area contributed by atoms with Crippen molar-refractivity contribution in [2.75, 3.05) is 6.61 Å². The van der Waals surface area contributed by atoms with Gasteiger partial charge in [0.25, 0.3) is 0 Å². The standard InChI is InChI=1S/C15H25N3O3S/c1-14(2,3)22(20)18-15(4,13(16)17-19)11-21-10-12-8-6-5-7-9-12/h5-9,18-19H,10-11H2,1-4H3,(H2,16,17)/t15-,22-/m1/s1. The minimum atomic E-state index is -1.38. The van der Waals surface area contributed by atoms with Gasteiger partial charge in [0, 0.05) is 0 Å². The van der Waals surface area contributed by atoms with E-state index in [4.69, 9.17) is 15.7 Å². The average molecular weight is 327 g/mol. The van der Waals surface area contributed by atoms with E-state index in [-0.39, 0.29) is 12.4 Å². The number of hydrogen-bond acceptors (Lipinski definition) is 4. The number of amidine groups is 1. The zero-order chi connectivity index (χ0) is 16.8. The summed E-state index contributed by atoms with van der Waals surface area (Å²) in [5, 5.41) is 12.0. The van der Waals surface area contributed by atoms with Crippen LogP contribution in [0.15, 0.2) is 35.5 Å². The topological polar surface area (TPSA) is 96.9 Å². The molecule has 0 saturated heterocycles. The molecular weight excluding hydrogens is 302 g/mol. The molecule has 0 aliphatic rings. The van der Waals surface area contributed by atoms with Crippen molar-refractivity contribution in [3.8, 4) is 0 Å². The third-order valence-corrected chi connectivity index (χ3v) is 4.80. The van der Waals surface area contributed by atoms with Crippen LogP contribution in [-0.2, 0) is 22.3 Å². The molecule has 0 unspecified atom stereocenters. The van der Waals surface area contributed by atoms with Crippen molar-refractivity contribution in [1.82, 2.24) is 4.72 Å². The fraction of sp³-hybridized carbons (Fsp3) is 0.533. The van der Waals surface area contributed by atoms with Crippen molar-refractivity contribution in [3.63, 3.8) is 0 Å². The first-order valence-corrected chi connectivity index (χ1v) is 8.13. The second-order valence-corrected chi connectivity index (χ2v) is 8.25. The summed E-state index contributed by atoms with van der Waals surface area (Å²) >= 11 is 0. The normalized spacial score (nSPS) is 17.0. The minimum absolute atomic E-state index is 0.0711. The Labute approximate surface area is 134 Å². The first kappa shape index (κ1) is 18.6. The summed E-state index contributed by atoms with van der Waals surface area (Å²) < 4.78 is 20.4. The summed E-state index contributed by atoms with van der Waals surface area (Å²) in [7, 11) is -1.38. The van der Waals surface area contributed by atoms with Crippen LogP contribution in [0.5, 0.6) is 0 Å². The first-order chi connectivity index (χ1) is 10.2. The minimum Gasteiger partial charge on any atom is -0.409 e. The van der Waals surface area contributed by atoms with Crippen LogP contribution in [0.2, 0.25) is 0 Å². The zero-order valence-electron chi connectivity index (χ0n) is 13.5. The molecule has 7 heteroatoms. The molecule has 4 N–H and O–H groups in total. The van der Waals surface area contributed by atoms with Gasteiger partial charge >= 0.3 is 0 Å². The fourth-order valence-corrected chi connectivity index (χ4v) is 2.45. The Morgan fingerprint density at radius 3 is 2.41 bits per heavy atom. The molecule has 1 aromatic rings. The Balaban J connectivity index is 2.74. The van der Waals surface area contributed by atoms with Gasteiger partial charge in [0.2, 0.25) is 0 Å². The van der Waals surface area contributed by atoms with Gasteiger partial charge in [-0.15, -0.1) is 0 Å². The molecule has 0 aliphatic heterocycles. The molecule has 2 atom stereocenters. The first-order valence-electron chi connectivity index (χ1n) is 6.98. The summed E-state index contributed by atoms with van der Waals surface area (Å²) in [5.74, 6) is -0.0711. The zero-order valence-corrected chi connectivity index (χ0v) is 14.3. The average Bonchev–Trinajstić information content (AvgIpc) is 2.46. The molecule has 0 saturated carbocycles. The Morgan fingerprint density at radius 1 is 1.32 bits per heavy atom. The highest BCUT2D eigenvalue weighted by Crippen LogP contribution is 2.15. The predicted octanol–water partition coefficient (Wildman–Crippen LogP) is 1.76. The maximum absolute atomic E-state index is 12.3. The van der Waals surface area contributed by atoms with Crippen molar-refractivity contribution in [3.05, 3.63) is 35.9 Å². The van der Waals surface area contributed by atoms with Crippen molar-refractivity contribution in [2.45, 2.75) is 44.6 Å². The molecule has 6 nitrogen and oxygen atoms in total. The molecule has 22 heavy (non-hydrogen) atoms. The van der Waals surface area contributed by atoms with E-state index in [1.807, 2.05) is 51.1 Å². The molecule has 124 valence electrons. The lowest BCUT2D eigenvalue weighted by Gasteiger charge is -2.31. The lowest BCUT2D eigenvalue weighted by Crippen LogP contribution is -2.59. The lowest BCUT2D eigenvalue weighted by atomic mass is 10.0. The van der Waals surface area contributed by atoms with Gasteiger partial charge < -0.3 is 15.7 Å². The van der Waals surface area contributed by atoms with E-state index >= 15 is 0 Å². The fourth-order valence-electron chi connectivity index (χ4n) is 1.57. The molecule has 0 fully saturated rings. The van der Waals surface area contributed by atoms with Gasteiger partial charge in [-0.2, -0.15) is 0 Å². The van der Waals surface area contributed by atoms with E-state index in [1.54, 1.807) is 6.92 Å². The molecule has 0 spiro atoms. The Hall–Kier alpha value is -1.44. The Morgan fingerprint density at radius 2 is 1.91 bits per heavy atom. The van der Waals surface area contributed by atoms with Gasteiger partial charge in [0.15, 0.2) is 5.84 Å². The smallest absolute Gasteiger partial charge is 0.162 e. The van der Waals surface area contributed by atoms with Gasteiger partial charge in [-0.3, -0.25) is 0 Å². The molecule has 0 heterocycles. The summed E-state index contributed by atoms with van der Waals surface area (Å²) in [6.45, 7) is 7.73. The maximum Gasteiger partial charge on any atom is 0.162 e. The van der Waals surface area contributed by atoms with E-state index in [9.17, 15) is 4.21 Å². The Kier molecular flexibility index (Phi) is 6.52. The Bertz CT molecular complexity index is 529. The molecule has 0 bridgehead atoms. The number of nitrogens with one attached hydrogen (secondary N) is 1. The maximum atomic E-state index is 12.3. The highest BCUT2D eigenvalue weighted by molar-refractivity contribution is 7.84. The van der Waals surface area contributed by atoms with E-state index in [1.165, 1.54) is 0 Å². The number of hydrogen-bond donors (Lipinski definition) is 3. The van der Waals surface area contributed by atoms with Crippen molar-refractivity contribution in [1.29, 1.82) is 0 Å². The molecule has 0 radical (unpaired) electrons.